The molecular weight excluding hydrogens is 158 g/mol. The van der Waals surface area contributed by atoms with Crippen LogP contribution >= 0.6 is 12.4 Å². The van der Waals surface area contributed by atoms with Crippen molar-refractivity contribution in [3.05, 3.63) is 0 Å². The first kappa shape index (κ1) is 12.0. The van der Waals surface area contributed by atoms with Crippen LogP contribution in [0.2, 0.25) is 0 Å². The lowest BCUT2D eigenvalue weighted by molar-refractivity contribution is 0.236. The smallest absolute Gasteiger partial charge is 0.262 e. The molecule has 0 bridgehead atoms. The average molecular weight is 170 g/mol. The predicted molar refractivity (Wildman–Crippen MR) is 40.6 cm³/mol. The predicted octanol–water partition coefficient (Wildman–Crippen LogP) is -1.32. The molecule has 0 unspecified atom stereocenters. The molecule has 0 saturated heterocycles. The van der Waals surface area contributed by atoms with Gasteiger partial charge in [-0.1, -0.05) is 0 Å². The molecule has 0 heterocycles. The topological polar surface area (TPSA) is 85.9 Å². The van der Waals surface area contributed by atoms with E-state index in [9.17, 15) is 0 Å². The van der Waals surface area contributed by atoms with Crippen molar-refractivity contribution in [1.29, 1.82) is 0 Å². The maximum absolute atomic E-state index is 8.11. The van der Waals surface area contributed by atoms with Crippen LogP contribution in [0.5, 0.6) is 0 Å². The van der Waals surface area contributed by atoms with Crippen molar-refractivity contribution >= 4 is 18.4 Å². The Balaban J connectivity index is 0. The van der Waals surface area contributed by atoms with Crippen LogP contribution < -0.4 is 16.6 Å². The highest BCUT2D eigenvalue weighted by Crippen LogP contribution is 1.68. The molecule has 0 fully saturated rings. The fourth-order valence-corrected chi connectivity index (χ4v) is 0.386. The lowest BCUT2D eigenvalue weighted by atomic mass is 11.0. The Bertz CT molecular complexity index is 103. The molecule has 10 heavy (non-hydrogen) atoms. The van der Waals surface area contributed by atoms with E-state index in [0.717, 1.165) is 0 Å². The van der Waals surface area contributed by atoms with E-state index < -0.39 is 0 Å². The number of halogens is 1. The molecule has 6 nitrogen and oxygen atoms in total. The molecule has 5 N–H and O–H groups in total. The minimum absolute atomic E-state index is 0. The molecule has 0 radical (unpaired) electrons. The summed E-state index contributed by atoms with van der Waals surface area (Å²) >= 11 is 0. The Kier molecular flexibility index (Phi) is 7.68. The molecule has 0 spiro atoms. The van der Waals surface area contributed by atoms with Crippen LogP contribution in [0.4, 0.5) is 0 Å². The van der Waals surface area contributed by atoms with Gasteiger partial charge in [-0.3, -0.25) is 0 Å². The maximum Gasteiger partial charge on any atom is 0.262 e. The number of rotatable bonds is 2. The van der Waals surface area contributed by atoms with E-state index in [1.807, 2.05) is 0 Å². The maximum atomic E-state index is 8.11. The molecule has 0 aromatic rings. The summed E-state index contributed by atoms with van der Waals surface area (Å²) in [7, 11) is 3.27. The van der Waals surface area contributed by atoms with Crippen LogP contribution in [-0.4, -0.2) is 30.4 Å². The van der Waals surface area contributed by atoms with Gasteiger partial charge in [-0.15, -0.1) is 12.4 Å². The fourth-order valence-electron chi connectivity index (χ4n) is 0.386. The Morgan fingerprint density at radius 3 is 2.00 bits per heavy atom. The van der Waals surface area contributed by atoms with E-state index in [2.05, 4.69) is 16.0 Å². The third-order valence-corrected chi connectivity index (χ3v) is 0.779. The highest BCUT2D eigenvalue weighted by Gasteiger charge is 1.99. The third kappa shape index (κ3) is 3.33. The van der Waals surface area contributed by atoms with Crippen LogP contribution in [0.1, 0.15) is 0 Å². The van der Waals surface area contributed by atoms with Crippen molar-refractivity contribution in [3.63, 3.8) is 0 Å². The highest BCUT2D eigenvalue weighted by atomic mass is 35.5. The van der Waals surface area contributed by atoms with E-state index >= 15 is 0 Å². The molecule has 0 saturated carbocycles. The Morgan fingerprint density at radius 2 is 1.90 bits per heavy atom. The second-order valence-electron chi connectivity index (χ2n) is 1.24. The van der Waals surface area contributed by atoms with Crippen LogP contribution in [-0.2, 0) is 0 Å². The number of hydrogen-bond donors (Lipinski definition) is 4. The third-order valence-electron chi connectivity index (χ3n) is 0.779. The zero-order chi connectivity index (χ0) is 7.28. The van der Waals surface area contributed by atoms with Crippen LogP contribution in [0, 0.1) is 0 Å². The number of oxime groups is 1. The van der Waals surface area contributed by atoms with Gasteiger partial charge in [0.25, 0.3) is 5.96 Å². The lowest BCUT2D eigenvalue weighted by Crippen LogP contribution is -2.52. The van der Waals surface area contributed by atoms with E-state index in [1.165, 1.54) is 5.12 Å². The Labute approximate surface area is 65.4 Å². The molecule has 0 aromatic carbocycles. The quantitative estimate of drug-likeness (QED) is 0.178. The highest BCUT2D eigenvalue weighted by molar-refractivity contribution is 5.85. The van der Waals surface area contributed by atoms with Crippen molar-refractivity contribution in [2.45, 2.75) is 0 Å². The van der Waals surface area contributed by atoms with Gasteiger partial charge in [0.15, 0.2) is 0 Å². The average Bonchev–Trinajstić information content (AvgIpc) is 1.90. The Hall–Kier alpha value is -0.720. The minimum Gasteiger partial charge on any atom is -0.408 e. The van der Waals surface area contributed by atoms with Crippen molar-refractivity contribution in [3.8, 4) is 0 Å². The SMILES string of the molecule is CNN(NC)/C(N)=N/O.Cl. The normalized spacial score (nSPS) is 10.4. The van der Waals surface area contributed by atoms with Gasteiger partial charge in [0.1, 0.15) is 0 Å². The number of hydrogen-bond acceptors (Lipinski definition) is 4. The standard InChI is InChI=1S/C3H11N5O.ClH/c1-5-8(6-2)3(4)7-9;/h5-6,9H,1-2H3,(H2,4,7);1H. The summed E-state index contributed by atoms with van der Waals surface area (Å²) in [4.78, 5) is 0. The molecule has 0 aliphatic carbocycles. The van der Waals surface area contributed by atoms with Gasteiger partial charge in [0, 0.05) is 14.1 Å². The summed E-state index contributed by atoms with van der Waals surface area (Å²) in [6.45, 7) is 0. The van der Waals surface area contributed by atoms with Gasteiger partial charge >= 0.3 is 0 Å². The van der Waals surface area contributed by atoms with Crippen LogP contribution in [0.15, 0.2) is 5.16 Å². The summed E-state index contributed by atoms with van der Waals surface area (Å²) in [5.41, 5.74) is 10.4. The van der Waals surface area contributed by atoms with Crippen molar-refractivity contribution in [1.82, 2.24) is 16.0 Å². The van der Waals surface area contributed by atoms with E-state index in [-0.39, 0.29) is 18.4 Å². The van der Waals surface area contributed by atoms with E-state index in [4.69, 9.17) is 10.9 Å². The van der Waals surface area contributed by atoms with Gasteiger partial charge in [-0.25, -0.2) is 16.0 Å². The Morgan fingerprint density at radius 1 is 1.50 bits per heavy atom. The second kappa shape index (κ2) is 6.40. The number of hydrazine groups is 2. The minimum atomic E-state index is -0.0417. The summed E-state index contributed by atoms with van der Waals surface area (Å²) in [5.74, 6) is -0.0417. The van der Waals surface area contributed by atoms with Gasteiger partial charge in [0.2, 0.25) is 0 Å². The van der Waals surface area contributed by atoms with Crippen molar-refractivity contribution < 1.29 is 5.21 Å². The summed E-state index contributed by atoms with van der Waals surface area (Å²) in [6.07, 6.45) is 0. The summed E-state index contributed by atoms with van der Waals surface area (Å²) in [6, 6.07) is 0. The largest absolute Gasteiger partial charge is 0.408 e. The first-order chi connectivity index (χ1) is 4.26. The molecule has 0 aliphatic heterocycles. The molecule has 0 atom stereocenters. The molecular formula is C3H12ClN5O. The van der Waals surface area contributed by atoms with E-state index in [1.54, 1.807) is 14.1 Å². The molecule has 62 valence electrons. The zero-order valence-electron chi connectivity index (χ0n) is 5.83. The molecule has 7 heteroatoms. The molecule has 0 aliphatic rings. The van der Waals surface area contributed by atoms with Gasteiger partial charge in [0.05, 0.1) is 0 Å². The first-order valence-corrected chi connectivity index (χ1v) is 2.38. The number of guanidine groups is 1. The van der Waals surface area contributed by atoms with Crippen LogP contribution in [0.3, 0.4) is 0 Å². The monoisotopic (exact) mass is 169 g/mol. The summed E-state index contributed by atoms with van der Waals surface area (Å²) in [5, 5.41) is 12.1. The summed E-state index contributed by atoms with van der Waals surface area (Å²) < 4.78 is 0. The molecule has 0 amide bonds. The number of nitrogens with one attached hydrogen (secondary N) is 2. The second-order valence-corrected chi connectivity index (χ2v) is 1.24. The molecule has 0 rings (SSSR count). The zero-order valence-corrected chi connectivity index (χ0v) is 6.64. The number of nitrogens with zero attached hydrogens (tertiary/aromatic N) is 2. The number of nitrogens with two attached hydrogens (primary N) is 1. The van der Waals surface area contributed by atoms with E-state index in [0.29, 0.717) is 0 Å². The van der Waals surface area contributed by atoms with Crippen LogP contribution in [0.25, 0.3) is 0 Å². The van der Waals surface area contributed by atoms with Gasteiger partial charge in [-0.2, -0.15) is 0 Å². The fraction of sp³-hybridized carbons (Fsp3) is 0.667. The lowest BCUT2D eigenvalue weighted by Gasteiger charge is -2.18. The van der Waals surface area contributed by atoms with Crippen molar-refractivity contribution in [2.75, 3.05) is 14.1 Å². The van der Waals surface area contributed by atoms with Crippen molar-refractivity contribution in [2.24, 2.45) is 10.9 Å². The van der Waals surface area contributed by atoms with Gasteiger partial charge in [-0.05, 0) is 5.16 Å². The van der Waals surface area contributed by atoms with Gasteiger partial charge < -0.3 is 10.9 Å². The molecule has 0 aromatic heterocycles. The first-order valence-electron chi connectivity index (χ1n) is 2.38.